The lowest BCUT2D eigenvalue weighted by molar-refractivity contribution is -0.136. The molecular formula is C25H38N4O6. The van der Waals surface area contributed by atoms with Crippen LogP contribution in [0, 0.1) is 5.92 Å². The van der Waals surface area contributed by atoms with Crippen LogP contribution in [0.1, 0.15) is 81.0 Å². The van der Waals surface area contributed by atoms with E-state index in [-0.39, 0.29) is 66.3 Å². The molecule has 0 heterocycles. The van der Waals surface area contributed by atoms with Gasteiger partial charge in [0.15, 0.2) is 11.6 Å². The Morgan fingerprint density at radius 1 is 1.03 bits per heavy atom. The highest BCUT2D eigenvalue weighted by molar-refractivity contribution is 6.01. The van der Waals surface area contributed by atoms with E-state index >= 15 is 0 Å². The van der Waals surface area contributed by atoms with Crippen molar-refractivity contribution in [2.24, 2.45) is 16.6 Å². The SMILES string of the molecule is CC.CC(=O)c1cc(N=C(N)CCCC(=O)N(C)CC(=O)C(C)C)cc(C(=O)NCCC(=O)O)c1. The van der Waals surface area contributed by atoms with E-state index in [2.05, 4.69) is 10.3 Å². The summed E-state index contributed by atoms with van der Waals surface area (Å²) in [5, 5.41) is 11.2. The van der Waals surface area contributed by atoms with Crippen LogP contribution < -0.4 is 11.1 Å². The van der Waals surface area contributed by atoms with Gasteiger partial charge in [-0.1, -0.05) is 27.7 Å². The molecule has 0 bridgehead atoms. The van der Waals surface area contributed by atoms with Crippen LogP contribution >= 0.6 is 0 Å². The fourth-order valence-electron chi connectivity index (χ4n) is 2.73. The third-order valence-electron chi connectivity index (χ3n) is 4.77. The number of Topliss-reactive ketones (excluding diaryl/α,β-unsaturated/α-hetero) is 2. The summed E-state index contributed by atoms with van der Waals surface area (Å²) in [6, 6.07) is 4.35. The molecule has 35 heavy (non-hydrogen) atoms. The second kappa shape index (κ2) is 16.1. The normalized spacial score (nSPS) is 10.8. The predicted octanol–water partition coefficient (Wildman–Crippen LogP) is 2.96. The van der Waals surface area contributed by atoms with Crippen LogP contribution in [0.25, 0.3) is 0 Å². The number of nitrogens with one attached hydrogen (secondary N) is 1. The highest BCUT2D eigenvalue weighted by atomic mass is 16.4. The van der Waals surface area contributed by atoms with Gasteiger partial charge in [0.25, 0.3) is 5.91 Å². The Bertz CT molecular complexity index is 940. The second-order valence-corrected chi connectivity index (χ2v) is 8.05. The van der Waals surface area contributed by atoms with Gasteiger partial charge in [0.1, 0.15) is 0 Å². The molecule has 0 unspecified atom stereocenters. The smallest absolute Gasteiger partial charge is 0.305 e. The zero-order valence-electron chi connectivity index (χ0n) is 21.5. The largest absolute Gasteiger partial charge is 0.481 e. The van der Waals surface area contributed by atoms with Crippen LogP contribution in [0.3, 0.4) is 0 Å². The molecule has 0 atom stereocenters. The third kappa shape index (κ3) is 12.5. The lowest BCUT2D eigenvalue weighted by atomic mass is 10.1. The number of carboxylic acids is 1. The van der Waals surface area contributed by atoms with E-state index in [1.54, 1.807) is 20.9 Å². The number of likely N-dealkylation sites (N-methyl/N-ethyl adjacent to an activating group) is 1. The maximum atomic E-state index is 12.3. The fourth-order valence-corrected chi connectivity index (χ4v) is 2.73. The van der Waals surface area contributed by atoms with Gasteiger partial charge in [0.05, 0.1) is 24.5 Å². The van der Waals surface area contributed by atoms with Crippen molar-refractivity contribution in [1.82, 2.24) is 10.2 Å². The van der Waals surface area contributed by atoms with Crippen LogP contribution in [0.5, 0.6) is 0 Å². The van der Waals surface area contributed by atoms with Crippen molar-refractivity contribution >= 4 is 40.9 Å². The van der Waals surface area contributed by atoms with E-state index in [1.807, 2.05) is 13.8 Å². The molecule has 0 aromatic heterocycles. The van der Waals surface area contributed by atoms with Crippen molar-refractivity contribution in [2.75, 3.05) is 20.1 Å². The number of amides is 2. The number of ketones is 2. The minimum atomic E-state index is -1.04. The number of aliphatic imine (C=N–C) groups is 1. The number of nitrogens with zero attached hydrogens (tertiary/aromatic N) is 2. The first kappa shape index (κ1) is 31.4. The molecule has 0 spiro atoms. The number of benzene rings is 1. The number of hydrogen-bond acceptors (Lipinski definition) is 6. The number of nitrogens with two attached hydrogens (primary N) is 1. The zero-order valence-corrected chi connectivity index (χ0v) is 21.5. The maximum Gasteiger partial charge on any atom is 0.305 e. The van der Waals surface area contributed by atoms with E-state index in [0.29, 0.717) is 18.5 Å². The van der Waals surface area contributed by atoms with Gasteiger partial charge in [-0.2, -0.15) is 0 Å². The summed E-state index contributed by atoms with van der Waals surface area (Å²) in [4.78, 5) is 64.4. The Hall–Kier alpha value is -3.56. The standard InChI is InChI=1S/C23H32N4O6.C2H6/c1-14(2)19(29)13-27(4)21(30)7-5-6-20(24)26-18-11-16(15(3)28)10-17(12-18)23(33)25-9-8-22(31)32;1-2/h10-12,14H,5-9,13H2,1-4H3,(H2,24,26)(H,25,33)(H,31,32);1-2H3. The Morgan fingerprint density at radius 3 is 2.17 bits per heavy atom. The number of rotatable bonds is 13. The minimum Gasteiger partial charge on any atom is -0.481 e. The van der Waals surface area contributed by atoms with Crippen LogP contribution in [0.15, 0.2) is 23.2 Å². The van der Waals surface area contributed by atoms with Crippen LogP contribution in [0.2, 0.25) is 0 Å². The molecule has 0 aliphatic carbocycles. The summed E-state index contributed by atoms with van der Waals surface area (Å²) < 4.78 is 0. The van der Waals surface area contributed by atoms with Crippen molar-refractivity contribution in [3.8, 4) is 0 Å². The van der Waals surface area contributed by atoms with Crippen LogP contribution in [0.4, 0.5) is 5.69 Å². The molecule has 10 heteroatoms. The quantitative estimate of drug-likeness (QED) is 0.218. The average molecular weight is 491 g/mol. The van der Waals surface area contributed by atoms with Gasteiger partial charge >= 0.3 is 5.97 Å². The number of carbonyl (C=O) groups excluding carboxylic acids is 4. The molecule has 0 aliphatic rings. The summed E-state index contributed by atoms with van der Waals surface area (Å²) >= 11 is 0. The van der Waals surface area contributed by atoms with Crippen molar-refractivity contribution in [2.45, 2.75) is 60.3 Å². The van der Waals surface area contributed by atoms with E-state index in [4.69, 9.17) is 10.8 Å². The lowest BCUT2D eigenvalue weighted by Crippen LogP contribution is -2.33. The first-order chi connectivity index (χ1) is 16.4. The Balaban J connectivity index is 0.00000562. The summed E-state index contributed by atoms with van der Waals surface area (Å²) in [5.41, 5.74) is 6.70. The van der Waals surface area contributed by atoms with Crippen molar-refractivity contribution in [1.29, 1.82) is 0 Å². The summed E-state index contributed by atoms with van der Waals surface area (Å²) in [6.07, 6.45) is 0.698. The Morgan fingerprint density at radius 2 is 1.63 bits per heavy atom. The van der Waals surface area contributed by atoms with Gasteiger partial charge in [-0.15, -0.1) is 0 Å². The molecule has 1 aromatic rings. The highest BCUT2D eigenvalue weighted by Gasteiger charge is 2.15. The summed E-state index contributed by atoms with van der Waals surface area (Å²) in [6.45, 7) is 8.93. The molecule has 194 valence electrons. The third-order valence-corrected chi connectivity index (χ3v) is 4.77. The molecule has 0 radical (unpaired) electrons. The molecule has 0 aliphatic heterocycles. The molecule has 2 amide bonds. The van der Waals surface area contributed by atoms with Crippen molar-refractivity contribution in [3.05, 3.63) is 29.3 Å². The fraction of sp³-hybridized carbons (Fsp3) is 0.520. The van der Waals surface area contributed by atoms with Gasteiger partial charge in [-0.25, -0.2) is 4.99 Å². The van der Waals surface area contributed by atoms with E-state index in [1.165, 1.54) is 30.0 Å². The number of amidine groups is 1. The summed E-state index contributed by atoms with van der Waals surface area (Å²) in [7, 11) is 1.58. The maximum absolute atomic E-state index is 12.3. The molecule has 0 saturated carbocycles. The topological polar surface area (TPSA) is 159 Å². The molecule has 4 N–H and O–H groups in total. The molecule has 1 aromatic carbocycles. The van der Waals surface area contributed by atoms with Gasteiger partial charge in [0.2, 0.25) is 5.91 Å². The highest BCUT2D eigenvalue weighted by Crippen LogP contribution is 2.19. The van der Waals surface area contributed by atoms with Gasteiger partial charge < -0.3 is 21.1 Å². The minimum absolute atomic E-state index is 0.0138. The van der Waals surface area contributed by atoms with E-state index in [9.17, 15) is 24.0 Å². The number of carbonyl (C=O) groups is 5. The van der Waals surface area contributed by atoms with E-state index in [0.717, 1.165) is 0 Å². The molecular weight excluding hydrogens is 452 g/mol. The first-order valence-corrected chi connectivity index (χ1v) is 11.7. The van der Waals surface area contributed by atoms with Crippen LogP contribution in [-0.2, 0) is 14.4 Å². The summed E-state index contributed by atoms with van der Waals surface area (Å²) in [5.74, 6) is -1.94. The molecule has 0 fully saturated rings. The predicted molar refractivity (Wildman–Crippen MR) is 135 cm³/mol. The number of aliphatic carboxylic acids is 1. The zero-order chi connectivity index (χ0) is 27.1. The van der Waals surface area contributed by atoms with Crippen LogP contribution in [-0.4, -0.2) is 65.3 Å². The number of carboxylic acid groups (broad SMARTS) is 1. The van der Waals surface area contributed by atoms with Crippen molar-refractivity contribution in [3.63, 3.8) is 0 Å². The monoisotopic (exact) mass is 490 g/mol. The average Bonchev–Trinajstić information content (AvgIpc) is 2.79. The van der Waals surface area contributed by atoms with E-state index < -0.39 is 11.9 Å². The van der Waals surface area contributed by atoms with Gasteiger partial charge in [-0.05, 0) is 31.5 Å². The second-order valence-electron chi connectivity index (χ2n) is 8.05. The Kier molecular flexibility index (Phi) is 14.5. The molecule has 0 saturated heterocycles. The van der Waals surface area contributed by atoms with Crippen molar-refractivity contribution < 1.29 is 29.1 Å². The Labute approximate surface area is 207 Å². The molecule has 10 nitrogen and oxygen atoms in total. The van der Waals surface area contributed by atoms with Gasteiger partial charge in [0, 0.05) is 43.5 Å². The lowest BCUT2D eigenvalue weighted by Gasteiger charge is -2.17. The molecule has 1 rings (SSSR count). The van der Waals surface area contributed by atoms with Gasteiger partial charge in [-0.3, -0.25) is 24.0 Å². The number of hydrogen-bond donors (Lipinski definition) is 3. The first-order valence-electron chi connectivity index (χ1n) is 11.7.